The number of pyridine rings is 1. The van der Waals surface area contributed by atoms with Crippen LogP contribution in [-0.4, -0.2) is 15.6 Å². The van der Waals surface area contributed by atoms with Gasteiger partial charge in [-0.15, -0.1) is 0 Å². The van der Waals surface area contributed by atoms with Crippen LogP contribution in [0.5, 0.6) is 0 Å². The van der Waals surface area contributed by atoms with Crippen LogP contribution in [-0.2, 0) is 0 Å². The number of hydrogen-bond acceptors (Lipinski definition) is 2. The first-order chi connectivity index (χ1) is 13.4. The Bertz CT molecular complexity index is 1230. The normalized spacial score (nSPS) is 11.6. The Morgan fingerprint density at radius 3 is 2.46 bits per heavy atom. The van der Waals surface area contributed by atoms with E-state index in [-0.39, 0.29) is 0 Å². The van der Waals surface area contributed by atoms with Gasteiger partial charge in [0.15, 0.2) is 5.82 Å². The molecule has 0 aliphatic rings. The number of fused-ring (bicyclic) bond motifs is 1. The molecule has 0 radical (unpaired) electrons. The van der Waals surface area contributed by atoms with Crippen LogP contribution in [0.25, 0.3) is 16.9 Å². The number of aromatic nitrogens is 2. The van der Waals surface area contributed by atoms with E-state index >= 15 is 0 Å². The van der Waals surface area contributed by atoms with Crippen LogP contribution < -0.4 is 0 Å². The highest BCUT2D eigenvalue weighted by atomic mass is 79.9. The maximum absolute atomic E-state index is 14.5. The van der Waals surface area contributed by atoms with E-state index in [4.69, 9.17) is 0 Å². The standard InChI is InChI=1S/C21H13Br2F2N3/c1-12-2-7-19-27-20(16-9-15(23)4-6-18(16)25)21(28(19)11-12)26-10-13-8-14(22)3-5-17(13)24/h2-11H,1H3/b26-10+. The smallest absolute Gasteiger partial charge is 0.165 e. The van der Waals surface area contributed by atoms with E-state index in [1.165, 1.54) is 18.3 Å². The number of aliphatic imine (C=N–C) groups is 1. The van der Waals surface area contributed by atoms with Gasteiger partial charge in [0.1, 0.15) is 23.0 Å². The number of halogens is 4. The molecule has 4 rings (SSSR count). The molecular weight excluding hydrogens is 492 g/mol. The summed E-state index contributed by atoms with van der Waals surface area (Å²) in [5.74, 6) is -0.379. The second-order valence-corrected chi connectivity index (χ2v) is 8.10. The van der Waals surface area contributed by atoms with Gasteiger partial charge in [-0.2, -0.15) is 0 Å². The van der Waals surface area contributed by atoms with E-state index in [2.05, 4.69) is 41.8 Å². The number of benzene rings is 2. The number of aryl methyl sites for hydroxylation is 1. The zero-order chi connectivity index (χ0) is 19.8. The van der Waals surface area contributed by atoms with Crippen molar-refractivity contribution in [3.8, 4) is 11.3 Å². The summed E-state index contributed by atoms with van der Waals surface area (Å²) in [5, 5.41) is 0. The molecule has 3 nitrogen and oxygen atoms in total. The summed E-state index contributed by atoms with van der Waals surface area (Å²) in [6.45, 7) is 1.94. The number of hydrogen-bond donors (Lipinski definition) is 0. The van der Waals surface area contributed by atoms with Gasteiger partial charge >= 0.3 is 0 Å². The zero-order valence-corrected chi connectivity index (χ0v) is 17.8. The van der Waals surface area contributed by atoms with Gasteiger partial charge < -0.3 is 0 Å². The number of imidazole rings is 1. The molecule has 0 spiro atoms. The quantitative estimate of drug-likeness (QED) is 0.280. The monoisotopic (exact) mass is 503 g/mol. The van der Waals surface area contributed by atoms with Crippen molar-refractivity contribution in [1.82, 2.24) is 9.38 Å². The maximum atomic E-state index is 14.5. The SMILES string of the molecule is Cc1ccc2nc(-c3cc(Br)ccc3F)c(/N=C/c3cc(Br)ccc3F)n2c1. The number of rotatable bonds is 3. The summed E-state index contributed by atoms with van der Waals surface area (Å²) in [4.78, 5) is 9.05. The van der Waals surface area contributed by atoms with Crippen molar-refractivity contribution in [3.63, 3.8) is 0 Å². The predicted octanol–water partition coefficient (Wildman–Crippen LogP) is 6.86. The molecule has 28 heavy (non-hydrogen) atoms. The van der Waals surface area contributed by atoms with Gasteiger partial charge in [-0.05, 0) is 55.0 Å². The third-order valence-corrected chi connectivity index (χ3v) is 5.20. The lowest BCUT2D eigenvalue weighted by Gasteiger charge is -2.04. The Morgan fingerprint density at radius 1 is 0.964 bits per heavy atom. The van der Waals surface area contributed by atoms with Gasteiger partial charge in [0.2, 0.25) is 0 Å². The largest absolute Gasteiger partial charge is 0.284 e. The van der Waals surface area contributed by atoms with Crippen molar-refractivity contribution in [2.75, 3.05) is 0 Å². The highest BCUT2D eigenvalue weighted by Gasteiger charge is 2.17. The maximum Gasteiger partial charge on any atom is 0.165 e. The number of nitrogens with zero attached hydrogens (tertiary/aromatic N) is 3. The lowest BCUT2D eigenvalue weighted by atomic mass is 10.1. The van der Waals surface area contributed by atoms with Crippen LogP contribution in [0.15, 0.2) is 68.7 Å². The minimum absolute atomic E-state index is 0.317. The second kappa shape index (κ2) is 7.56. The van der Waals surface area contributed by atoms with E-state index < -0.39 is 11.6 Å². The van der Waals surface area contributed by atoms with Crippen LogP contribution in [0.1, 0.15) is 11.1 Å². The molecule has 0 saturated carbocycles. The van der Waals surface area contributed by atoms with Crippen LogP contribution in [0, 0.1) is 18.6 Å². The van der Waals surface area contributed by atoms with Crippen molar-refractivity contribution in [3.05, 3.63) is 86.4 Å². The van der Waals surface area contributed by atoms with E-state index in [1.54, 1.807) is 28.7 Å². The third-order valence-electron chi connectivity index (χ3n) is 4.21. The van der Waals surface area contributed by atoms with Gasteiger partial charge in [0.05, 0.1) is 0 Å². The summed E-state index contributed by atoms with van der Waals surface area (Å²) in [7, 11) is 0. The molecule has 4 aromatic rings. The molecule has 0 amide bonds. The molecule has 0 unspecified atom stereocenters. The Balaban J connectivity index is 1.95. The van der Waals surface area contributed by atoms with Gasteiger partial charge in [0, 0.05) is 32.5 Å². The summed E-state index contributed by atoms with van der Waals surface area (Å²) < 4.78 is 31.9. The van der Waals surface area contributed by atoms with Gasteiger partial charge in [-0.3, -0.25) is 4.40 Å². The summed E-state index contributed by atoms with van der Waals surface area (Å²) >= 11 is 6.70. The summed E-state index contributed by atoms with van der Waals surface area (Å²) in [6.07, 6.45) is 3.29. The molecule has 0 atom stereocenters. The van der Waals surface area contributed by atoms with E-state index in [0.29, 0.717) is 28.3 Å². The molecule has 7 heteroatoms. The first kappa shape index (κ1) is 19.0. The summed E-state index contributed by atoms with van der Waals surface area (Å²) in [5.41, 5.74) is 2.64. The average molecular weight is 505 g/mol. The first-order valence-corrected chi connectivity index (χ1v) is 9.94. The highest BCUT2D eigenvalue weighted by molar-refractivity contribution is 9.10. The van der Waals surface area contributed by atoms with Crippen molar-refractivity contribution in [1.29, 1.82) is 0 Å². The fourth-order valence-corrected chi connectivity index (χ4v) is 3.61. The van der Waals surface area contributed by atoms with Crippen LogP contribution in [0.3, 0.4) is 0 Å². The van der Waals surface area contributed by atoms with E-state index in [9.17, 15) is 8.78 Å². The van der Waals surface area contributed by atoms with E-state index in [1.807, 2.05) is 25.3 Å². The first-order valence-electron chi connectivity index (χ1n) is 8.35. The lowest BCUT2D eigenvalue weighted by Crippen LogP contribution is -1.90. The zero-order valence-electron chi connectivity index (χ0n) is 14.6. The molecule has 2 aromatic heterocycles. The fraction of sp³-hybridized carbons (Fsp3) is 0.0476. The van der Waals surface area contributed by atoms with Gasteiger partial charge in [-0.1, -0.05) is 37.9 Å². The Kier molecular flexibility index (Phi) is 5.12. The molecule has 2 heterocycles. The molecular formula is C21H13Br2F2N3. The average Bonchev–Trinajstić information content (AvgIpc) is 3.02. The van der Waals surface area contributed by atoms with Gasteiger partial charge in [-0.25, -0.2) is 18.8 Å². The Hall–Kier alpha value is -2.38. The topological polar surface area (TPSA) is 29.7 Å². The van der Waals surface area contributed by atoms with Crippen LogP contribution >= 0.6 is 31.9 Å². The van der Waals surface area contributed by atoms with Crippen molar-refractivity contribution in [2.24, 2.45) is 4.99 Å². The Morgan fingerprint density at radius 2 is 1.68 bits per heavy atom. The van der Waals surface area contributed by atoms with Crippen LogP contribution in [0.4, 0.5) is 14.6 Å². The molecule has 0 aliphatic carbocycles. The summed E-state index contributed by atoms with van der Waals surface area (Å²) in [6, 6.07) is 13.0. The molecule has 0 bridgehead atoms. The van der Waals surface area contributed by atoms with Crippen LogP contribution in [0.2, 0.25) is 0 Å². The molecule has 0 saturated heterocycles. The van der Waals surface area contributed by atoms with Crippen molar-refractivity contribution in [2.45, 2.75) is 6.92 Å². The minimum atomic E-state index is -0.409. The minimum Gasteiger partial charge on any atom is -0.284 e. The Labute approximate surface area is 177 Å². The van der Waals surface area contributed by atoms with Gasteiger partial charge in [0.25, 0.3) is 0 Å². The van der Waals surface area contributed by atoms with E-state index in [0.717, 1.165) is 14.5 Å². The lowest BCUT2D eigenvalue weighted by molar-refractivity contribution is 0.625. The molecule has 140 valence electrons. The highest BCUT2D eigenvalue weighted by Crippen LogP contribution is 2.34. The molecule has 0 fully saturated rings. The fourth-order valence-electron chi connectivity index (χ4n) is 2.87. The molecule has 2 aromatic carbocycles. The second-order valence-electron chi connectivity index (χ2n) is 6.27. The predicted molar refractivity (Wildman–Crippen MR) is 114 cm³/mol. The molecule has 0 aliphatic heterocycles. The third kappa shape index (κ3) is 3.64. The molecule has 0 N–H and O–H groups in total. The van der Waals surface area contributed by atoms with Crippen molar-refractivity contribution >= 4 is 49.5 Å². The van der Waals surface area contributed by atoms with Crippen molar-refractivity contribution < 1.29 is 8.78 Å².